The van der Waals surface area contributed by atoms with Gasteiger partial charge in [0.2, 0.25) is 0 Å². The van der Waals surface area contributed by atoms with Crippen LogP contribution >= 0.6 is 11.6 Å². The van der Waals surface area contributed by atoms with E-state index in [0.717, 1.165) is 17.8 Å². The number of carbonyl (C=O) groups excluding carboxylic acids is 1. The van der Waals surface area contributed by atoms with Crippen LogP contribution in [-0.4, -0.2) is 22.4 Å². The van der Waals surface area contributed by atoms with Gasteiger partial charge in [-0.25, -0.2) is 9.97 Å². The third-order valence-corrected chi connectivity index (χ3v) is 4.15. The molecule has 0 spiro atoms. The molecule has 2 aromatic carbocycles. The fourth-order valence-corrected chi connectivity index (χ4v) is 2.66. The molecule has 0 bridgehead atoms. The highest BCUT2D eigenvalue weighted by Gasteiger charge is 2.12. The summed E-state index contributed by atoms with van der Waals surface area (Å²) < 4.78 is 0. The molecule has 0 aliphatic heterocycles. The minimum atomic E-state index is -0.262. The highest BCUT2D eigenvalue weighted by atomic mass is 35.5. The molecule has 0 aliphatic rings. The smallest absolute Gasteiger partial charge is 0.271 e. The van der Waals surface area contributed by atoms with E-state index in [1.165, 1.54) is 6.20 Å². The van der Waals surface area contributed by atoms with E-state index in [9.17, 15) is 4.79 Å². The van der Waals surface area contributed by atoms with Gasteiger partial charge in [0.25, 0.3) is 5.91 Å². The maximum Gasteiger partial charge on any atom is 0.271 e. The first-order valence-electron chi connectivity index (χ1n) is 8.34. The quantitative estimate of drug-likeness (QED) is 0.709. The van der Waals surface area contributed by atoms with E-state index in [1.807, 2.05) is 54.3 Å². The number of aromatic nitrogens is 2. The van der Waals surface area contributed by atoms with Crippen LogP contribution in [0.25, 0.3) is 0 Å². The lowest BCUT2D eigenvalue weighted by Gasteiger charge is -2.21. The van der Waals surface area contributed by atoms with Gasteiger partial charge in [0.15, 0.2) is 5.82 Å². The zero-order chi connectivity index (χ0) is 18.4. The summed E-state index contributed by atoms with van der Waals surface area (Å²) in [6.07, 6.45) is 3.12. The monoisotopic (exact) mass is 366 g/mol. The summed E-state index contributed by atoms with van der Waals surface area (Å²) in [6.45, 7) is 3.20. The summed E-state index contributed by atoms with van der Waals surface area (Å²) in [7, 11) is 0. The third kappa shape index (κ3) is 4.37. The summed E-state index contributed by atoms with van der Waals surface area (Å²) in [6, 6.07) is 17.3. The maximum atomic E-state index is 12.3. The number of halogens is 1. The average Bonchev–Trinajstić information content (AvgIpc) is 2.69. The molecule has 3 aromatic rings. The Morgan fingerprint density at radius 3 is 2.38 bits per heavy atom. The van der Waals surface area contributed by atoms with Gasteiger partial charge in [0, 0.05) is 23.8 Å². The lowest BCUT2D eigenvalue weighted by atomic mass is 10.2. The number of para-hydroxylation sites is 1. The Bertz CT molecular complexity index is 851. The van der Waals surface area contributed by atoms with Crippen LogP contribution in [-0.2, 0) is 6.54 Å². The van der Waals surface area contributed by atoms with E-state index < -0.39 is 0 Å². The predicted molar refractivity (Wildman–Crippen MR) is 104 cm³/mol. The highest BCUT2D eigenvalue weighted by molar-refractivity contribution is 6.30. The minimum Gasteiger partial charge on any atom is -0.347 e. The van der Waals surface area contributed by atoms with Crippen molar-refractivity contribution < 1.29 is 4.79 Å². The molecule has 0 unspecified atom stereocenters. The topological polar surface area (TPSA) is 58.1 Å². The molecule has 1 heterocycles. The van der Waals surface area contributed by atoms with Crippen molar-refractivity contribution >= 4 is 29.0 Å². The summed E-state index contributed by atoms with van der Waals surface area (Å²) >= 11 is 5.86. The first-order valence-corrected chi connectivity index (χ1v) is 8.72. The maximum absolute atomic E-state index is 12.3. The molecule has 132 valence electrons. The largest absolute Gasteiger partial charge is 0.347 e. The lowest BCUT2D eigenvalue weighted by Crippen LogP contribution is -2.24. The van der Waals surface area contributed by atoms with Crippen LogP contribution in [0.4, 0.5) is 11.5 Å². The van der Waals surface area contributed by atoms with Crippen LogP contribution in [0, 0.1) is 0 Å². The zero-order valence-electron chi connectivity index (χ0n) is 14.4. The Morgan fingerprint density at radius 2 is 1.77 bits per heavy atom. The number of anilines is 2. The summed E-state index contributed by atoms with van der Waals surface area (Å²) in [5.41, 5.74) is 2.28. The molecule has 6 heteroatoms. The molecule has 5 nitrogen and oxygen atoms in total. The van der Waals surface area contributed by atoms with Gasteiger partial charge in [-0.3, -0.25) is 4.79 Å². The number of nitrogens with one attached hydrogen (secondary N) is 1. The molecule has 0 aliphatic carbocycles. The number of rotatable bonds is 6. The van der Waals surface area contributed by atoms with Gasteiger partial charge >= 0.3 is 0 Å². The summed E-state index contributed by atoms with van der Waals surface area (Å²) in [5, 5.41) is 3.50. The highest BCUT2D eigenvalue weighted by Crippen LogP contribution is 2.21. The van der Waals surface area contributed by atoms with Crippen LogP contribution < -0.4 is 10.2 Å². The van der Waals surface area contributed by atoms with Gasteiger partial charge in [-0.1, -0.05) is 41.9 Å². The molecule has 0 radical (unpaired) electrons. The first-order chi connectivity index (χ1) is 12.7. The van der Waals surface area contributed by atoms with E-state index in [4.69, 9.17) is 11.6 Å². The second kappa shape index (κ2) is 8.45. The van der Waals surface area contributed by atoms with Crippen LogP contribution in [0.3, 0.4) is 0 Å². The van der Waals surface area contributed by atoms with Gasteiger partial charge in [0.05, 0.1) is 12.4 Å². The number of benzene rings is 2. The van der Waals surface area contributed by atoms with Crippen molar-refractivity contribution in [1.82, 2.24) is 15.3 Å². The van der Waals surface area contributed by atoms with Crippen molar-refractivity contribution in [2.24, 2.45) is 0 Å². The third-order valence-electron chi connectivity index (χ3n) is 3.90. The van der Waals surface area contributed by atoms with Crippen LogP contribution in [0.15, 0.2) is 67.0 Å². The minimum absolute atomic E-state index is 0.262. The molecular formula is C20H19ClN4O. The normalized spacial score (nSPS) is 10.4. The van der Waals surface area contributed by atoms with E-state index >= 15 is 0 Å². The molecule has 3 rings (SSSR count). The molecular weight excluding hydrogens is 348 g/mol. The van der Waals surface area contributed by atoms with E-state index in [1.54, 1.807) is 18.3 Å². The molecule has 0 atom stereocenters. The fourth-order valence-electron chi connectivity index (χ4n) is 2.54. The standard InChI is InChI=1S/C20H19ClN4O/c1-2-25(17-6-4-3-5-7-17)19-14-22-18(13-23-19)20(26)24-12-15-8-10-16(21)11-9-15/h3-11,13-14H,2,12H2,1H3,(H,24,26). The van der Waals surface area contributed by atoms with Gasteiger partial charge < -0.3 is 10.2 Å². The van der Waals surface area contributed by atoms with E-state index in [0.29, 0.717) is 17.4 Å². The van der Waals surface area contributed by atoms with Crippen molar-refractivity contribution in [3.63, 3.8) is 0 Å². The molecule has 1 N–H and O–H groups in total. The summed E-state index contributed by atoms with van der Waals surface area (Å²) in [5.74, 6) is 0.440. The van der Waals surface area contributed by atoms with Crippen molar-refractivity contribution in [3.05, 3.63) is 83.3 Å². The Morgan fingerprint density at radius 1 is 1.04 bits per heavy atom. The fraction of sp³-hybridized carbons (Fsp3) is 0.150. The molecule has 0 saturated heterocycles. The van der Waals surface area contributed by atoms with Crippen LogP contribution in [0.2, 0.25) is 5.02 Å². The predicted octanol–water partition coefficient (Wildman–Crippen LogP) is 4.22. The molecule has 1 amide bonds. The van der Waals surface area contributed by atoms with Gasteiger partial charge in [-0.05, 0) is 36.8 Å². The first kappa shape index (κ1) is 17.9. The number of hydrogen-bond donors (Lipinski definition) is 1. The van der Waals surface area contributed by atoms with Crippen LogP contribution in [0.1, 0.15) is 23.0 Å². The van der Waals surface area contributed by atoms with Crippen LogP contribution in [0.5, 0.6) is 0 Å². The SMILES string of the molecule is CCN(c1ccccc1)c1cnc(C(=O)NCc2ccc(Cl)cc2)cn1. The van der Waals surface area contributed by atoms with Gasteiger partial charge in [0.1, 0.15) is 5.69 Å². The zero-order valence-corrected chi connectivity index (χ0v) is 15.1. The van der Waals surface area contributed by atoms with Crippen molar-refractivity contribution in [2.45, 2.75) is 13.5 Å². The number of amides is 1. The number of nitrogens with zero attached hydrogens (tertiary/aromatic N) is 3. The van der Waals surface area contributed by atoms with Crippen molar-refractivity contribution in [3.8, 4) is 0 Å². The summed E-state index contributed by atoms with van der Waals surface area (Å²) in [4.78, 5) is 22.9. The Balaban J connectivity index is 1.66. The number of carbonyl (C=O) groups is 1. The molecule has 0 fully saturated rings. The second-order valence-corrected chi connectivity index (χ2v) is 6.09. The van der Waals surface area contributed by atoms with E-state index in [2.05, 4.69) is 15.3 Å². The number of hydrogen-bond acceptors (Lipinski definition) is 4. The van der Waals surface area contributed by atoms with E-state index in [-0.39, 0.29) is 11.6 Å². The van der Waals surface area contributed by atoms with Crippen molar-refractivity contribution in [2.75, 3.05) is 11.4 Å². The average molecular weight is 367 g/mol. The Labute approximate surface area is 157 Å². The molecule has 26 heavy (non-hydrogen) atoms. The van der Waals surface area contributed by atoms with Gasteiger partial charge in [-0.2, -0.15) is 0 Å². The lowest BCUT2D eigenvalue weighted by molar-refractivity contribution is 0.0945. The Hall–Kier alpha value is -2.92. The molecule has 1 aromatic heterocycles. The molecule has 0 saturated carbocycles. The van der Waals surface area contributed by atoms with Gasteiger partial charge in [-0.15, -0.1) is 0 Å². The van der Waals surface area contributed by atoms with Crippen molar-refractivity contribution in [1.29, 1.82) is 0 Å². The Kier molecular flexibility index (Phi) is 5.81. The second-order valence-electron chi connectivity index (χ2n) is 5.65.